The normalized spacial score (nSPS) is 13.0. The molecule has 0 atom stereocenters. The van der Waals surface area contributed by atoms with Crippen LogP contribution >= 0.6 is 0 Å². The standard InChI is InChI=1S/C52H45BN2O4/c1-51(2,3)38-20-28-45-43(30-38)53-44-31-39(52(4,5)6)21-29-46(44)55(41-24-16-35(17-25-41)36-18-26-42(27-19-36)59-32-56)48-9-7-8-47(49(48)53)54(45)40-22-14-34(15-23-40)33-10-12-37(13-11-33)50(57)58/h7-32H,1-6H3,(H,57,58). The smallest absolute Gasteiger partial charge is 0.335 e. The lowest BCUT2D eigenvalue weighted by Crippen LogP contribution is -2.61. The van der Waals surface area contributed by atoms with Crippen LogP contribution in [0.2, 0.25) is 0 Å². The topological polar surface area (TPSA) is 70.1 Å². The lowest BCUT2D eigenvalue weighted by Gasteiger charge is -2.44. The van der Waals surface area contributed by atoms with E-state index in [0.29, 0.717) is 12.2 Å². The van der Waals surface area contributed by atoms with Gasteiger partial charge in [0.25, 0.3) is 13.2 Å². The van der Waals surface area contributed by atoms with Crippen molar-refractivity contribution in [3.05, 3.63) is 168 Å². The van der Waals surface area contributed by atoms with Gasteiger partial charge in [0.1, 0.15) is 5.75 Å². The van der Waals surface area contributed by atoms with Gasteiger partial charge in [0.2, 0.25) is 0 Å². The molecule has 2 aliphatic heterocycles. The van der Waals surface area contributed by atoms with E-state index in [1.165, 1.54) is 27.5 Å². The quantitative estimate of drug-likeness (QED) is 0.129. The van der Waals surface area contributed by atoms with Crippen molar-refractivity contribution >= 4 is 69.7 Å². The molecule has 7 heteroatoms. The molecule has 0 saturated carbocycles. The number of nitrogens with zero attached hydrogens (tertiary/aromatic N) is 2. The van der Waals surface area contributed by atoms with Crippen LogP contribution in [0.3, 0.4) is 0 Å². The summed E-state index contributed by atoms with van der Waals surface area (Å²) in [6, 6.07) is 52.6. The van der Waals surface area contributed by atoms with E-state index in [9.17, 15) is 14.7 Å². The van der Waals surface area contributed by atoms with Crippen LogP contribution in [0.4, 0.5) is 34.1 Å². The second-order valence-electron chi connectivity index (χ2n) is 17.6. The van der Waals surface area contributed by atoms with Gasteiger partial charge in [0.15, 0.2) is 0 Å². The number of fused-ring (bicyclic) bond motifs is 4. The zero-order chi connectivity index (χ0) is 41.2. The first-order chi connectivity index (χ1) is 28.3. The Bertz CT molecular complexity index is 2750. The second-order valence-corrected chi connectivity index (χ2v) is 17.6. The summed E-state index contributed by atoms with van der Waals surface area (Å²) < 4.78 is 5.03. The van der Waals surface area contributed by atoms with Crippen LogP contribution in [0.5, 0.6) is 5.75 Å². The number of rotatable bonds is 7. The van der Waals surface area contributed by atoms with Crippen LogP contribution in [0.15, 0.2) is 152 Å². The van der Waals surface area contributed by atoms with E-state index in [2.05, 4.69) is 154 Å². The number of benzene rings is 7. The highest BCUT2D eigenvalue weighted by Gasteiger charge is 2.44. The van der Waals surface area contributed by atoms with Crippen molar-refractivity contribution in [1.29, 1.82) is 0 Å². The van der Waals surface area contributed by atoms with Crippen molar-refractivity contribution in [1.82, 2.24) is 0 Å². The molecule has 0 unspecified atom stereocenters. The van der Waals surface area contributed by atoms with Gasteiger partial charge in [-0.3, -0.25) is 4.79 Å². The van der Waals surface area contributed by atoms with Crippen LogP contribution in [-0.4, -0.2) is 24.3 Å². The summed E-state index contributed by atoms with van der Waals surface area (Å²) in [4.78, 5) is 27.2. The largest absolute Gasteiger partial charge is 0.478 e. The summed E-state index contributed by atoms with van der Waals surface area (Å²) in [5.41, 5.74) is 17.3. The summed E-state index contributed by atoms with van der Waals surface area (Å²) in [5.74, 6) is -0.422. The maximum Gasteiger partial charge on any atom is 0.335 e. The molecule has 2 heterocycles. The minimum Gasteiger partial charge on any atom is -0.478 e. The molecule has 7 aromatic rings. The first kappa shape index (κ1) is 37.7. The molecule has 59 heavy (non-hydrogen) atoms. The van der Waals surface area contributed by atoms with Gasteiger partial charge in [-0.1, -0.05) is 120 Å². The highest BCUT2D eigenvalue weighted by atomic mass is 16.5. The fourth-order valence-electron chi connectivity index (χ4n) is 8.63. The molecular weight excluding hydrogens is 727 g/mol. The number of aromatic carboxylic acids is 1. The monoisotopic (exact) mass is 772 g/mol. The number of hydrogen-bond acceptors (Lipinski definition) is 5. The predicted molar refractivity (Wildman–Crippen MR) is 242 cm³/mol. The average Bonchev–Trinajstić information content (AvgIpc) is 3.23. The van der Waals surface area contributed by atoms with Gasteiger partial charge in [-0.05, 0) is 133 Å². The van der Waals surface area contributed by atoms with E-state index in [4.69, 9.17) is 4.74 Å². The zero-order valence-electron chi connectivity index (χ0n) is 34.2. The molecule has 0 fully saturated rings. The molecule has 0 spiro atoms. The van der Waals surface area contributed by atoms with Crippen LogP contribution in [0, 0.1) is 0 Å². The van der Waals surface area contributed by atoms with Crippen LogP contribution < -0.4 is 30.9 Å². The number of anilines is 6. The fraction of sp³-hybridized carbons (Fsp3) is 0.154. The third-order valence-corrected chi connectivity index (χ3v) is 11.8. The molecule has 6 nitrogen and oxygen atoms in total. The summed E-state index contributed by atoms with van der Waals surface area (Å²) in [7, 11) is 0. The van der Waals surface area contributed by atoms with Gasteiger partial charge in [-0.2, -0.15) is 0 Å². The van der Waals surface area contributed by atoms with E-state index in [0.717, 1.165) is 56.4 Å². The van der Waals surface area contributed by atoms with E-state index >= 15 is 0 Å². The van der Waals surface area contributed by atoms with Crippen LogP contribution in [0.25, 0.3) is 22.3 Å². The number of carboxylic acids is 1. The van der Waals surface area contributed by atoms with Gasteiger partial charge >= 0.3 is 5.97 Å². The molecule has 0 amide bonds. The minimum absolute atomic E-state index is 0.0123. The van der Waals surface area contributed by atoms with E-state index in [-0.39, 0.29) is 23.1 Å². The van der Waals surface area contributed by atoms with Crippen molar-refractivity contribution in [2.75, 3.05) is 9.80 Å². The van der Waals surface area contributed by atoms with Gasteiger partial charge in [0, 0.05) is 34.1 Å². The number of carboxylic acid groups (broad SMARTS) is 1. The maximum atomic E-state index is 11.5. The molecule has 9 rings (SSSR count). The van der Waals surface area contributed by atoms with Crippen molar-refractivity contribution in [3.8, 4) is 28.0 Å². The van der Waals surface area contributed by atoms with Gasteiger partial charge in [0.05, 0.1) is 5.56 Å². The zero-order valence-corrected chi connectivity index (χ0v) is 34.2. The molecule has 0 bridgehead atoms. The van der Waals surface area contributed by atoms with Gasteiger partial charge < -0.3 is 19.6 Å². The lowest BCUT2D eigenvalue weighted by atomic mass is 9.33. The van der Waals surface area contributed by atoms with Gasteiger partial charge in [-0.25, -0.2) is 4.79 Å². The maximum absolute atomic E-state index is 11.5. The third kappa shape index (κ3) is 6.66. The Balaban J connectivity index is 1.23. The second kappa shape index (κ2) is 14.2. The first-order valence-corrected chi connectivity index (χ1v) is 20.1. The van der Waals surface area contributed by atoms with Gasteiger partial charge in [-0.15, -0.1) is 0 Å². The fourth-order valence-corrected chi connectivity index (χ4v) is 8.63. The van der Waals surface area contributed by atoms with Crippen molar-refractivity contribution < 1.29 is 19.4 Å². The molecule has 290 valence electrons. The first-order valence-electron chi connectivity index (χ1n) is 20.1. The molecule has 7 aromatic carbocycles. The number of carbonyl (C=O) groups excluding carboxylic acids is 1. The molecule has 0 radical (unpaired) electrons. The van der Waals surface area contributed by atoms with Crippen molar-refractivity contribution in [2.45, 2.75) is 52.4 Å². The summed E-state index contributed by atoms with van der Waals surface area (Å²) in [6.07, 6.45) is 0. The molecule has 0 saturated heterocycles. The number of hydrogen-bond donors (Lipinski definition) is 1. The Hall–Kier alpha value is -6.86. The highest BCUT2D eigenvalue weighted by Crippen LogP contribution is 2.45. The van der Waals surface area contributed by atoms with Crippen LogP contribution in [-0.2, 0) is 15.6 Å². The highest BCUT2D eigenvalue weighted by molar-refractivity contribution is 7.00. The molecule has 1 N–H and O–H groups in total. The SMILES string of the molecule is CC(C)(C)c1ccc2c(c1)B1c3cc(C(C)(C)C)ccc3N(c3ccc(-c4ccc(C(=O)O)cc4)cc3)c3cccc(c31)N2c1ccc(-c2ccc(OC=O)cc2)cc1. The van der Waals surface area contributed by atoms with Crippen LogP contribution in [0.1, 0.15) is 63.0 Å². The Morgan fingerprint density at radius 1 is 0.542 bits per heavy atom. The summed E-state index contributed by atoms with van der Waals surface area (Å²) in [6.45, 7) is 14.1. The molecule has 0 aromatic heterocycles. The average molecular weight is 773 g/mol. The summed E-state index contributed by atoms with van der Waals surface area (Å²) in [5, 5.41) is 9.45. The van der Waals surface area contributed by atoms with E-state index < -0.39 is 5.97 Å². The Morgan fingerprint density at radius 2 is 0.949 bits per heavy atom. The Morgan fingerprint density at radius 3 is 1.34 bits per heavy atom. The Labute approximate surface area is 346 Å². The molecule has 0 aliphatic carbocycles. The summed E-state index contributed by atoms with van der Waals surface area (Å²) >= 11 is 0. The van der Waals surface area contributed by atoms with Crippen molar-refractivity contribution in [2.24, 2.45) is 0 Å². The molecular formula is C52H45BN2O4. The minimum atomic E-state index is -0.933. The Kier molecular flexibility index (Phi) is 9.08. The van der Waals surface area contributed by atoms with Crippen molar-refractivity contribution in [3.63, 3.8) is 0 Å². The number of ether oxygens (including phenoxy) is 1. The van der Waals surface area contributed by atoms with E-state index in [1.54, 1.807) is 12.1 Å². The lowest BCUT2D eigenvalue weighted by molar-refractivity contribution is -0.120. The predicted octanol–water partition coefficient (Wildman–Crippen LogP) is 10.9. The third-order valence-electron chi connectivity index (χ3n) is 11.8. The molecule has 2 aliphatic rings. The van der Waals surface area contributed by atoms with E-state index in [1.807, 2.05) is 36.4 Å². The number of carbonyl (C=O) groups is 2.